The van der Waals surface area contributed by atoms with E-state index >= 15 is 0 Å². The second-order valence-electron chi connectivity index (χ2n) is 5.85. The predicted molar refractivity (Wildman–Crippen MR) is 83.6 cm³/mol. The predicted octanol–water partition coefficient (Wildman–Crippen LogP) is 2.38. The number of halogens is 1. The molecule has 1 saturated carbocycles. The first-order chi connectivity index (χ1) is 10.1. The largest absolute Gasteiger partial charge is 0.334 e. The molecule has 2 aromatic rings. The van der Waals surface area contributed by atoms with Crippen LogP contribution in [0.25, 0.3) is 11.5 Å². The van der Waals surface area contributed by atoms with E-state index < -0.39 is 5.54 Å². The van der Waals surface area contributed by atoms with E-state index in [4.69, 9.17) is 10.3 Å². The fourth-order valence-corrected chi connectivity index (χ4v) is 2.84. The van der Waals surface area contributed by atoms with Crippen molar-refractivity contribution in [1.29, 1.82) is 0 Å². The van der Waals surface area contributed by atoms with Gasteiger partial charge in [-0.05, 0) is 49.4 Å². The number of hydrogen-bond donors (Lipinski definition) is 2. The first-order valence-electron chi connectivity index (χ1n) is 7.20. The van der Waals surface area contributed by atoms with Gasteiger partial charge in [0.05, 0.1) is 5.54 Å². The molecule has 3 N–H and O–H groups in total. The lowest BCUT2D eigenvalue weighted by atomic mass is 9.77. The second-order valence-corrected chi connectivity index (χ2v) is 5.85. The zero-order valence-electron chi connectivity index (χ0n) is 12.0. The van der Waals surface area contributed by atoms with Gasteiger partial charge in [-0.1, -0.05) is 5.16 Å². The third-order valence-corrected chi connectivity index (χ3v) is 4.36. The summed E-state index contributed by atoms with van der Waals surface area (Å²) in [6.45, 7) is 0. The fraction of sp³-hybridized carbons (Fsp3) is 0.400. The van der Waals surface area contributed by atoms with Crippen LogP contribution >= 0.6 is 12.4 Å². The number of rotatable bonds is 2. The maximum Gasteiger partial charge on any atom is 0.258 e. The molecule has 0 radical (unpaired) electrons. The highest BCUT2D eigenvalue weighted by Crippen LogP contribution is 2.38. The topological polar surface area (TPSA) is 94.0 Å². The Kier molecular flexibility index (Phi) is 3.66. The molecule has 1 amide bonds. The number of amides is 1. The van der Waals surface area contributed by atoms with Crippen molar-refractivity contribution in [1.82, 2.24) is 10.1 Å². The Bertz CT molecular complexity index is 724. The van der Waals surface area contributed by atoms with Crippen molar-refractivity contribution in [3.05, 3.63) is 29.6 Å². The van der Waals surface area contributed by atoms with Crippen LogP contribution in [0.4, 0.5) is 5.69 Å². The van der Waals surface area contributed by atoms with Gasteiger partial charge in [0.1, 0.15) is 0 Å². The Labute approximate surface area is 133 Å². The summed E-state index contributed by atoms with van der Waals surface area (Å²) in [7, 11) is 0. The van der Waals surface area contributed by atoms with E-state index in [-0.39, 0.29) is 18.3 Å². The maximum atomic E-state index is 11.4. The van der Waals surface area contributed by atoms with Crippen molar-refractivity contribution in [3.8, 4) is 11.5 Å². The molecule has 1 aliphatic carbocycles. The molecular formula is C15H17ClN4O2. The molecule has 0 bridgehead atoms. The van der Waals surface area contributed by atoms with Crippen molar-refractivity contribution in [2.75, 3.05) is 5.32 Å². The third-order valence-electron chi connectivity index (χ3n) is 4.36. The minimum Gasteiger partial charge on any atom is -0.334 e. The van der Waals surface area contributed by atoms with Crippen LogP contribution in [0, 0.1) is 0 Å². The first kappa shape index (κ1) is 15.0. The molecule has 0 unspecified atom stereocenters. The molecule has 0 saturated heterocycles. The number of nitrogens with one attached hydrogen (secondary N) is 1. The number of nitrogens with two attached hydrogens (primary N) is 1. The van der Waals surface area contributed by atoms with Crippen LogP contribution in [0.3, 0.4) is 0 Å². The van der Waals surface area contributed by atoms with Crippen LogP contribution in [0.15, 0.2) is 22.7 Å². The quantitative estimate of drug-likeness (QED) is 0.886. The second kappa shape index (κ2) is 5.37. The summed E-state index contributed by atoms with van der Waals surface area (Å²) in [4.78, 5) is 15.8. The number of carbonyl (C=O) groups excluding carboxylic acids is 1. The molecule has 0 atom stereocenters. The van der Waals surface area contributed by atoms with E-state index in [1.54, 1.807) is 0 Å². The van der Waals surface area contributed by atoms with E-state index in [0.717, 1.165) is 42.5 Å². The molecule has 22 heavy (non-hydrogen) atoms. The van der Waals surface area contributed by atoms with E-state index in [2.05, 4.69) is 15.5 Å². The maximum absolute atomic E-state index is 11.4. The fourth-order valence-electron chi connectivity index (χ4n) is 2.84. The highest BCUT2D eigenvalue weighted by molar-refractivity contribution is 5.94. The van der Waals surface area contributed by atoms with Gasteiger partial charge in [0.15, 0.2) is 5.82 Å². The van der Waals surface area contributed by atoms with Crippen LogP contribution in [0.5, 0.6) is 0 Å². The zero-order chi connectivity index (χ0) is 14.4. The van der Waals surface area contributed by atoms with Gasteiger partial charge in [-0.2, -0.15) is 4.98 Å². The summed E-state index contributed by atoms with van der Waals surface area (Å²) in [6.07, 6.45) is 4.16. The normalized spacial score (nSPS) is 18.7. The molecule has 0 spiro atoms. The molecule has 6 nitrogen and oxygen atoms in total. The standard InChI is InChI=1S/C15H16N4O2.ClH/c16-15(6-1-7-15)14-18-13(21-19-14)10-2-4-11-9(8-10)3-5-12(20)17-11;/h2,4,8H,1,3,5-7,16H2,(H,17,20);1H. The minimum absolute atomic E-state index is 0. The molecule has 1 aromatic heterocycles. The first-order valence-corrected chi connectivity index (χ1v) is 7.20. The van der Waals surface area contributed by atoms with E-state index in [0.29, 0.717) is 18.1 Å². The van der Waals surface area contributed by atoms with Crippen molar-refractivity contribution in [2.45, 2.75) is 37.6 Å². The van der Waals surface area contributed by atoms with Crippen LogP contribution < -0.4 is 11.1 Å². The SMILES string of the molecule is Cl.NC1(c2noc(-c3ccc4c(c3)CCC(=O)N4)n2)CCC1. The Morgan fingerprint density at radius 3 is 2.82 bits per heavy atom. The minimum atomic E-state index is -0.413. The Morgan fingerprint density at radius 1 is 1.27 bits per heavy atom. The van der Waals surface area contributed by atoms with Gasteiger partial charge in [-0.3, -0.25) is 4.79 Å². The zero-order valence-corrected chi connectivity index (χ0v) is 12.8. The molecule has 1 fully saturated rings. The Balaban J connectivity index is 0.00000144. The summed E-state index contributed by atoms with van der Waals surface area (Å²) in [5, 5.41) is 6.89. The summed E-state index contributed by atoms with van der Waals surface area (Å²) in [5.41, 5.74) is 8.62. The number of fused-ring (bicyclic) bond motifs is 1. The van der Waals surface area contributed by atoms with Crippen molar-refractivity contribution < 1.29 is 9.32 Å². The molecule has 116 valence electrons. The average Bonchev–Trinajstić information content (AvgIpc) is 2.94. The van der Waals surface area contributed by atoms with Crippen molar-refractivity contribution >= 4 is 24.0 Å². The number of hydrogen-bond acceptors (Lipinski definition) is 5. The number of benzene rings is 1. The van der Waals surface area contributed by atoms with Crippen molar-refractivity contribution in [3.63, 3.8) is 0 Å². The number of carbonyl (C=O) groups is 1. The molecule has 2 aliphatic rings. The molecule has 1 aromatic carbocycles. The number of aryl methyl sites for hydroxylation is 1. The molecule has 7 heteroatoms. The Morgan fingerprint density at radius 2 is 2.09 bits per heavy atom. The van der Waals surface area contributed by atoms with Gasteiger partial charge in [-0.15, -0.1) is 12.4 Å². The lowest BCUT2D eigenvalue weighted by molar-refractivity contribution is -0.116. The highest BCUT2D eigenvalue weighted by atomic mass is 35.5. The van der Waals surface area contributed by atoms with E-state index in [1.807, 2.05) is 18.2 Å². The number of aromatic nitrogens is 2. The molecule has 4 rings (SSSR count). The average molecular weight is 321 g/mol. The van der Waals surface area contributed by atoms with Gasteiger partial charge >= 0.3 is 0 Å². The van der Waals surface area contributed by atoms with E-state index in [1.165, 1.54) is 0 Å². The highest BCUT2D eigenvalue weighted by Gasteiger charge is 2.39. The monoisotopic (exact) mass is 320 g/mol. The third kappa shape index (κ3) is 2.38. The summed E-state index contributed by atoms with van der Waals surface area (Å²) >= 11 is 0. The number of anilines is 1. The number of nitrogens with zero attached hydrogens (tertiary/aromatic N) is 2. The van der Waals surface area contributed by atoms with Crippen molar-refractivity contribution in [2.24, 2.45) is 5.73 Å². The van der Waals surface area contributed by atoms with Crippen LogP contribution in [0.1, 0.15) is 37.1 Å². The molecule has 1 aliphatic heterocycles. The molecule has 2 heterocycles. The summed E-state index contributed by atoms with van der Waals surface area (Å²) in [6, 6.07) is 5.76. The molecular weight excluding hydrogens is 304 g/mol. The Hall–Kier alpha value is -1.92. The van der Waals surface area contributed by atoms with Crippen LogP contribution in [0.2, 0.25) is 0 Å². The van der Waals surface area contributed by atoms with E-state index in [9.17, 15) is 4.79 Å². The van der Waals surface area contributed by atoms with Gasteiger partial charge in [0.2, 0.25) is 5.91 Å². The van der Waals surface area contributed by atoms with Crippen LogP contribution in [-0.2, 0) is 16.8 Å². The van der Waals surface area contributed by atoms with Gasteiger partial charge in [0, 0.05) is 17.7 Å². The summed E-state index contributed by atoms with van der Waals surface area (Å²) in [5.74, 6) is 1.14. The lowest BCUT2D eigenvalue weighted by Crippen LogP contribution is -2.44. The van der Waals surface area contributed by atoms with Gasteiger partial charge in [-0.25, -0.2) is 0 Å². The summed E-state index contributed by atoms with van der Waals surface area (Å²) < 4.78 is 5.36. The van der Waals surface area contributed by atoms with Gasteiger partial charge < -0.3 is 15.6 Å². The van der Waals surface area contributed by atoms with Gasteiger partial charge in [0.25, 0.3) is 5.89 Å². The lowest BCUT2D eigenvalue weighted by Gasteiger charge is -2.34. The smallest absolute Gasteiger partial charge is 0.258 e. The van der Waals surface area contributed by atoms with Crippen LogP contribution in [-0.4, -0.2) is 16.0 Å².